The van der Waals surface area contributed by atoms with E-state index in [1.165, 1.54) is 64.0 Å². The number of hydrogen-bond acceptors (Lipinski definition) is 4. The zero-order valence-electron chi connectivity index (χ0n) is 13.3. The highest BCUT2D eigenvalue weighted by Gasteiger charge is 2.22. The number of nitrogens with zero attached hydrogens (tertiary/aromatic N) is 2. The zero-order valence-corrected chi connectivity index (χ0v) is 13.3. The Hall–Kier alpha value is -1.33. The second-order valence-electron chi connectivity index (χ2n) is 6.79. The fourth-order valence-corrected chi connectivity index (χ4v) is 3.67. The smallest absolute Gasteiger partial charge is 0.223 e. The van der Waals surface area contributed by atoms with Crippen molar-refractivity contribution in [2.45, 2.75) is 38.6 Å². The Morgan fingerprint density at radius 3 is 2.50 bits per heavy atom. The maximum Gasteiger partial charge on any atom is 0.223 e. The standard InChI is InChI=1S/C17H27N3O2/c21-16-10-15(18-11-17(16)22)13-20-8-4-14(5-9-20)12-19-6-2-1-3-7-19/h10-11,14,22H,1-9,12-13H2,(H,18,21). The molecule has 0 bridgehead atoms. The van der Waals surface area contributed by atoms with Crippen LogP contribution >= 0.6 is 0 Å². The molecule has 2 aliphatic rings. The first kappa shape index (κ1) is 15.6. The van der Waals surface area contributed by atoms with Crippen LogP contribution in [0.25, 0.3) is 0 Å². The largest absolute Gasteiger partial charge is 0.503 e. The first-order chi connectivity index (χ1) is 10.7. The number of H-pyrrole nitrogens is 1. The molecule has 3 heterocycles. The molecule has 2 saturated heterocycles. The summed E-state index contributed by atoms with van der Waals surface area (Å²) in [5.74, 6) is 0.622. The van der Waals surface area contributed by atoms with Gasteiger partial charge in [0.15, 0.2) is 5.75 Å². The van der Waals surface area contributed by atoms with Crippen molar-refractivity contribution < 1.29 is 5.11 Å². The summed E-state index contributed by atoms with van der Waals surface area (Å²) in [4.78, 5) is 19.5. The Kier molecular flexibility index (Phi) is 5.16. The van der Waals surface area contributed by atoms with Crippen molar-refractivity contribution >= 4 is 0 Å². The van der Waals surface area contributed by atoms with Crippen molar-refractivity contribution in [2.24, 2.45) is 5.92 Å². The molecule has 0 unspecified atom stereocenters. The second-order valence-corrected chi connectivity index (χ2v) is 6.79. The summed E-state index contributed by atoms with van der Waals surface area (Å²) in [6.07, 6.45) is 8.03. The van der Waals surface area contributed by atoms with Crippen LogP contribution < -0.4 is 5.43 Å². The Morgan fingerprint density at radius 2 is 1.82 bits per heavy atom. The molecule has 0 spiro atoms. The van der Waals surface area contributed by atoms with Gasteiger partial charge in [0.25, 0.3) is 0 Å². The average Bonchev–Trinajstić information content (AvgIpc) is 2.54. The van der Waals surface area contributed by atoms with Crippen molar-refractivity contribution in [3.05, 3.63) is 28.2 Å². The van der Waals surface area contributed by atoms with Crippen molar-refractivity contribution in [1.82, 2.24) is 14.8 Å². The molecule has 0 saturated carbocycles. The van der Waals surface area contributed by atoms with Gasteiger partial charge in [0.05, 0.1) is 0 Å². The van der Waals surface area contributed by atoms with Crippen molar-refractivity contribution in [1.29, 1.82) is 0 Å². The number of piperidine rings is 2. The van der Waals surface area contributed by atoms with Crippen LogP contribution in [0.15, 0.2) is 17.1 Å². The number of hydrogen-bond donors (Lipinski definition) is 2. The van der Waals surface area contributed by atoms with E-state index >= 15 is 0 Å². The third-order valence-electron chi connectivity index (χ3n) is 5.02. The minimum absolute atomic E-state index is 0.205. The topological polar surface area (TPSA) is 59.6 Å². The molecule has 1 aromatic rings. The van der Waals surface area contributed by atoms with E-state index in [1.54, 1.807) is 0 Å². The molecular weight excluding hydrogens is 278 g/mol. The lowest BCUT2D eigenvalue weighted by molar-refractivity contribution is 0.127. The van der Waals surface area contributed by atoms with Crippen LogP contribution in [0.3, 0.4) is 0 Å². The van der Waals surface area contributed by atoms with Gasteiger partial charge in [0, 0.05) is 31.0 Å². The van der Waals surface area contributed by atoms with Crippen LogP contribution in [0.1, 0.15) is 37.8 Å². The molecule has 0 aliphatic carbocycles. The number of likely N-dealkylation sites (tertiary alicyclic amines) is 2. The molecule has 122 valence electrons. The van der Waals surface area contributed by atoms with Crippen LogP contribution in [0, 0.1) is 5.92 Å². The minimum atomic E-state index is -0.297. The van der Waals surface area contributed by atoms with Gasteiger partial charge in [-0.25, -0.2) is 0 Å². The molecular formula is C17H27N3O2. The van der Waals surface area contributed by atoms with E-state index in [1.807, 2.05) is 0 Å². The highest BCUT2D eigenvalue weighted by Crippen LogP contribution is 2.21. The lowest BCUT2D eigenvalue weighted by Gasteiger charge is -2.36. The summed E-state index contributed by atoms with van der Waals surface area (Å²) in [6.45, 7) is 6.81. The van der Waals surface area contributed by atoms with Crippen LogP contribution in [0.2, 0.25) is 0 Å². The molecule has 5 heteroatoms. The first-order valence-corrected chi connectivity index (χ1v) is 8.56. The van der Waals surface area contributed by atoms with Crippen LogP contribution in [-0.4, -0.2) is 52.6 Å². The quantitative estimate of drug-likeness (QED) is 0.890. The maximum absolute atomic E-state index is 11.5. The number of rotatable bonds is 4. The van der Waals surface area contributed by atoms with Gasteiger partial charge < -0.3 is 15.0 Å². The number of nitrogens with one attached hydrogen (secondary N) is 1. The molecule has 2 N–H and O–H groups in total. The Bertz CT molecular complexity index is 529. The van der Waals surface area contributed by atoms with Crippen molar-refractivity contribution in [3.63, 3.8) is 0 Å². The summed E-state index contributed by atoms with van der Waals surface area (Å²) < 4.78 is 0. The number of pyridine rings is 1. The molecule has 1 aromatic heterocycles. The van der Waals surface area contributed by atoms with Gasteiger partial charge in [-0.15, -0.1) is 0 Å². The van der Waals surface area contributed by atoms with Crippen LogP contribution in [0.4, 0.5) is 0 Å². The summed E-state index contributed by atoms with van der Waals surface area (Å²) in [5, 5.41) is 9.28. The van der Waals surface area contributed by atoms with E-state index < -0.39 is 0 Å². The summed E-state index contributed by atoms with van der Waals surface area (Å²) in [7, 11) is 0. The lowest BCUT2D eigenvalue weighted by Crippen LogP contribution is -2.40. The molecule has 2 aliphatic heterocycles. The van der Waals surface area contributed by atoms with E-state index in [0.717, 1.165) is 31.2 Å². The number of aromatic hydroxyl groups is 1. The van der Waals surface area contributed by atoms with Gasteiger partial charge in [-0.05, 0) is 57.8 Å². The average molecular weight is 305 g/mol. The highest BCUT2D eigenvalue weighted by atomic mass is 16.3. The van der Waals surface area contributed by atoms with E-state index in [2.05, 4.69) is 14.8 Å². The van der Waals surface area contributed by atoms with Crippen LogP contribution in [-0.2, 0) is 6.54 Å². The predicted octanol–water partition coefficient (Wildman–Crippen LogP) is 1.78. The summed E-state index contributed by atoms with van der Waals surface area (Å²) in [5.41, 5.74) is 0.589. The number of aromatic nitrogens is 1. The van der Waals surface area contributed by atoms with E-state index in [9.17, 15) is 9.90 Å². The highest BCUT2D eigenvalue weighted by molar-refractivity contribution is 5.18. The Morgan fingerprint density at radius 1 is 1.09 bits per heavy atom. The van der Waals surface area contributed by atoms with E-state index in [-0.39, 0.29) is 11.2 Å². The fraction of sp³-hybridized carbons (Fsp3) is 0.706. The molecule has 0 atom stereocenters. The zero-order chi connectivity index (χ0) is 15.4. The predicted molar refractivity (Wildman–Crippen MR) is 87.0 cm³/mol. The van der Waals surface area contributed by atoms with E-state index in [4.69, 9.17) is 0 Å². The van der Waals surface area contributed by atoms with Gasteiger partial charge in [-0.1, -0.05) is 6.42 Å². The molecule has 0 radical (unpaired) electrons. The van der Waals surface area contributed by atoms with Gasteiger partial charge in [-0.3, -0.25) is 9.69 Å². The lowest BCUT2D eigenvalue weighted by atomic mass is 9.95. The number of aromatic amines is 1. The van der Waals surface area contributed by atoms with Gasteiger partial charge >= 0.3 is 0 Å². The SMILES string of the molecule is O=c1cc(CN2CCC(CN3CCCCC3)CC2)[nH]cc1O. The van der Waals surface area contributed by atoms with Gasteiger partial charge in [0.2, 0.25) is 5.43 Å². The molecule has 0 amide bonds. The fourth-order valence-electron chi connectivity index (χ4n) is 3.67. The first-order valence-electron chi connectivity index (χ1n) is 8.56. The molecule has 3 rings (SSSR count). The third-order valence-corrected chi connectivity index (χ3v) is 5.02. The summed E-state index contributed by atoms with van der Waals surface area (Å²) in [6, 6.07) is 1.51. The molecule has 0 aromatic carbocycles. The second kappa shape index (κ2) is 7.29. The van der Waals surface area contributed by atoms with Crippen molar-refractivity contribution in [3.8, 4) is 5.75 Å². The van der Waals surface area contributed by atoms with Crippen molar-refractivity contribution in [2.75, 3.05) is 32.7 Å². The normalized spacial score (nSPS) is 22.0. The minimum Gasteiger partial charge on any atom is -0.503 e. The summed E-state index contributed by atoms with van der Waals surface area (Å²) >= 11 is 0. The van der Waals surface area contributed by atoms with E-state index in [0.29, 0.717) is 0 Å². The Labute approximate surface area is 131 Å². The van der Waals surface area contributed by atoms with Gasteiger partial charge in [0.1, 0.15) is 0 Å². The van der Waals surface area contributed by atoms with Crippen LogP contribution in [0.5, 0.6) is 5.75 Å². The third kappa shape index (κ3) is 4.11. The molecule has 22 heavy (non-hydrogen) atoms. The molecule has 2 fully saturated rings. The van der Waals surface area contributed by atoms with Gasteiger partial charge in [-0.2, -0.15) is 0 Å². The molecule has 5 nitrogen and oxygen atoms in total. The Balaban J connectivity index is 1.45. The maximum atomic E-state index is 11.5. The monoisotopic (exact) mass is 305 g/mol.